The fourth-order valence-corrected chi connectivity index (χ4v) is 3.58. The molecule has 0 fully saturated rings. The standard InChI is InChI=1S/C19H25ClN4O3S/c1-4-5-6-9-24-17(26)14-8-7-13(20)10-15(14)22-19(24)28-11-16(25)23-18(27)21-12(2)3/h7-8,10,12H,4-6,9,11H2,1-3H3,(H2,21,23,25,27). The molecule has 1 heterocycles. The van der Waals surface area contributed by atoms with Crippen molar-refractivity contribution in [2.45, 2.75) is 57.8 Å². The van der Waals surface area contributed by atoms with Crippen LogP contribution in [0.15, 0.2) is 28.2 Å². The minimum atomic E-state index is -0.542. The van der Waals surface area contributed by atoms with Gasteiger partial charge in [-0.2, -0.15) is 0 Å². The Labute approximate surface area is 173 Å². The molecule has 28 heavy (non-hydrogen) atoms. The third kappa shape index (κ3) is 6.24. The van der Waals surface area contributed by atoms with Crippen molar-refractivity contribution in [3.8, 4) is 0 Å². The van der Waals surface area contributed by atoms with Gasteiger partial charge in [-0.3, -0.25) is 19.5 Å². The van der Waals surface area contributed by atoms with E-state index in [1.807, 2.05) is 0 Å². The summed E-state index contributed by atoms with van der Waals surface area (Å²) >= 11 is 7.15. The Balaban J connectivity index is 2.22. The molecule has 0 spiro atoms. The number of nitrogens with zero attached hydrogens (tertiary/aromatic N) is 2. The fourth-order valence-electron chi connectivity index (χ4n) is 2.59. The topological polar surface area (TPSA) is 93.1 Å². The lowest BCUT2D eigenvalue weighted by atomic mass is 10.2. The van der Waals surface area contributed by atoms with E-state index in [0.717, 1.165) is 31.0 Å². The predicted molar refractivity (Wildman–Crippen MR) is 113 cm³/mol. The van der Waals surface area contributed by atoms with Crippen LogP contribution in [0, 0.1) is 0 Å². The summed E-state index contributed by atoms with van der Waals surface area (Å²) in [6.45, 7) is 6.22. The Morgan fingerprint density at radius 2 is 2.04 bits per heavy atom. The van der Waals surface area contributed by atoms with Gasteiger partial charge in [0.15, 0.2) is 5.16 Å². The predicted octanol–water partition coefficient (Wildman–Crippen LogP) is 3.57. The van der Waals surface area contributed by atoms with Crippen LogP contribution in [0.5, 0.6) is 0 Å². The van der Waals surface area contributed by atoms with E-state index in [-0.39, 0.29) is 17.4 Å². The van der Waals surface area contributed by atoms with Crippen molar-refractivity contribution in [1.82, 2.24) is 20.2 Å². The number of carbonyl (C=O) groups is 2. The molecule has 2 N–H and O–H groups in total. The average molecular weight is 425 g/mol. The van der Waals surface area contributed by atoms with Gasteiger partial charge in [-0.05, 0) is 38.5 Å². The van der Waals surface area contributed by atoms with E-state index in [0.29, 0.717) is 27.6 Å². The molecule has 0 unspecified atom stereocenters. The Kier molecular flexibility index (Phi) is 8.32. The molecular formula is C19H25ClN4O3S. The first kappa shape index (κ1) is 22.2. The zero-order valence-electron chi connectivity index (χ0n) is 16.3. The molecule has 1 aromatic heterocycles. The van der Waals surface area contributed by atoms with Gasteiger partial charge in [0.05, 0.1) is 16.7 Å². The van der Waals surface area contributed by atoms with Gasteiger partial charge in [-0.1, -0.05) is 43.1 Å². The first-order chi connectivity index (χ1) is 13.3. The second kappa shape index (κ2) is 10.5. The molecule has 9 heteroatoms. The Hall–Kier alpha value is -2.06. The zero-order chi connectivity index (χ0) is 20.7. The number of nitrogens with one attached hydrogen (secondary N) is 2. The number of carbonyl (C=O) groups excluding carboxylic acids is 2. The van der Waals surface area contributed by atoms with Crippen LogP contribution in [0.4, 0.5) is 4.79 Å². The number of benzene rings is 1. The molecule has 152 valence electrons. The summed E-state index contributed by atoms with van der Waals surface area (Å²) in [5, 5.41) is 6.28. The molecule has 0 aliphatic rings. The van der Waals surface area contributed by atoms with E-state index in [1.54, 1.807) is 36.6 Å². The van der Waals surface area contributed by atoms with Gasteiger partial charge in [0, 0.05) is 17.6 Å². The number of imide groups is 1. The van der Waals surface area contributed by atoms with Crippen LogP contribution < -0.4 is 16.2 Å². The van der Waals surface area contributed by atoms with Crippen molar-refractivity contribution in [2.24, 2.45) is 0 Å². The van der Waals surface area contributed by atoms with Crippen LogP contribution in [0.3, 0.4) is 0 Å². The van der Waals surface area contributed by atoms with Gasteiger partial charge in [-0.25, -0.2) is 9.78 Å². The highest BCUT2D eigenvalue weighted by atomic mass is 35.5. The number of unbranched alkanes of at least 4 members (excludes halogenated alkanes) is 2. The van der Waals surface area contributed by atoms with Gasteiger partial charge in [0.25, 0.3) is 5.56 Å². The maximum atomic E-state index is 12.9. The van der Waals surface area contributed by atoms with Gasteiger partial charge in [0.2, 0.25) is 5.91 Å². The van der Waals surface area contributed by atoms with E-state index >= 15 is 0 Å². The molecule has 1 aromatic carbocycles. The molecule has 0 saturated heterocycles. The van der Waals surface area contributed by atoms with E-state index < -0.39 is 11.9 Å². The van der Waals surface area contributed by atoms with Crippen molar-refractivity contribution in [2.75, 3.05) is 5.75 Å². The highest BCUT2D eigenvalue weighted by Gasteiger charge is 2.15. The number of amides is 3. The molecule has 0 aliphatic heterocycles. The number of hydrogen-bond donors (Lipinski definition) is 2. The summed E-state index contributed by atoms with van der Waals surface area (Å²) in [6.07, 6.45) is 2.86. The van der Waals surface area contributed by atoms with E-state index in [9.17, 15) is 14.4 Å². The quantitative estimate of drug-likeness (QED) is 0.384. The molecule has 0 atom stereocenters. The third-order valence-corrected chi connectivity index (χ3v) is 5.08. The van der Waals surface area contributed by atoms with Crippen molar-refractivity contribution in [3.63, 3.8) is 0 Å². The second-order valence-corrected chi connectivity index (χ2v) is 8.06. The summed E-state index contributed by atoms with van der Waals surface area (Å²) in [5.41, 5.74) is 0.336. The molecule has 2 aromatic rings. The molecular weight excluding hydrogens is 400 g/mol. The monoisotopic (exact) mass is 424 g/mol. The Morgan fingerprint density at radius 3 is 2.71 bits per heavy atom. The fraction of sp³-hybridized carbons (Fsp3) is 0.474. The smallest absolute Gasteiger partial charge is 0.321 e. The summed E-state index contributed by atoms with van der Waals surface area (Å²) in [4.78, 5) is 41.1. The van der Waals surface area contributed by atoms with Gasteiger partial charge in [-0.15, -0.1) is 0 Å². The third-order valence-electron chi connectivity index (χ3n) is 3.87. The number of rotatable bonds is 8. The summed E-state index contributed by atoms with van der Waals surface area (Å²) in [5.74, 6) is -0.485. The molecule has 0 aliphatic carbocycles. The molecule has 0 bridgehead atoms. The lowest BCUT2D eigenvalue weighted by Crippen LogP contribution is -2.43. The SMILES string of the molecule is CCCCCn1c(SCC(=O)NC(=O)NC(C)C)nc2cc(Cl)ccc2c1=O. The normalized spacial score (nSPS) is 11.0. The summed E-state index contributed by atoms with van der Waals surface area (Å²) in [7, 11) is 0. The number of hydrogen-bond acceptors (Lipinski definition) is 5. The minimum Gasteiger partial charge on any atom is -0.336 e. The number of thioether (sulfide) groups is 1. The van der Waals surface area contributed by atoms with Crippen molar-refractivity contribution >= 4 is 46.2 Å². The van der Waals surface area contributed by atoms with Crippen molar-refractivity contribution in [1.29, 1.82) is 0 Å². The minimum absolute atomic E-state index is 0.0300. The van der Waals surface area contributed by atoms with Crippen LogP contribution >= 0.6 is 23.4 Å². The highest BCUT2D eigenvalue weighted by Crippen LogP contribution is 2.21. The largest absolute Gasteiger partial charge is 0.336 e. The number of urea groups is 1. The molecule has 3 amide bonds. The van der Waals surface area contributed by atoms with Crippen molar-refractivity contribution in [3.05, 3.63) is 33.6 Å². The van der Waals surface area contributed by atoms with Gasteiger partial charge >= 0.3 is 6.03 Å². The van der Waals surface area contributed by atoms with E-state index in [1.165, 1.54) is 0 Å². The number of fused-ring (bicyclic) bond motifs is 1. The van der Waals surface area contributed by atoms with Crippen LogP contribution in [0.1, 0.15) is 40.0 Å². The summed E-state index contributed by atoms with van der Waals surface area (Å²) in [6, 6.07) is 4.35. The molecule has 2 rings (SSSR count). The molecule has 0 radical (unpaired) electrons. The average Bonchev–Trinajstić information content (AvgIpc) is 2.61. The first-order valence-electron chi connectivity index (χ1n) is 9.25. The van der Waals surface area contributed by atoms with Crippen LogP contribution in [0.25, 0.3) is 10.9 Å². The second-order valence-electron chi connectivity index (χ2n) is 6.68. The zero-order valence-corrected chi connectivity index (χ0v) is 17.8. The van der Waals surface area contributed by atoms with Gasteiger partial charge in [0.1, 0.15) is 0 Å². The van der Waals surface area contributed by atoms with Crippen LogP contribution in [-0.2, 0) is 11.3 Å². The number of halogens is 1. The van der Waals surface area contributed by atoms with Crippen LogP contribution in [-0.4, -0.2) is 33.3 Å². The van der Waals surface area contributed by atoms with Crippen LogP contribution in [0.2, 0.25) is 5.02 Å². The van der Waals surface area contributed by atoms with E-state index in [2.05, 4.69) is 22.5 Å². The van der Waals surface area contributed by atoms with E-state index in [4.69, 9.17) is 11.6 Å². The number of aromatic nitrogens is 2. The Bertz CT molecular complexity index is 914. The van der Waals surface area contributed by atoms with Crippen molar-refractivity contribution < 1.29 is 9.59 Å². The lowest BCUT2D eigenvalue weighted by Gasteiger charge is -2.13. The summed E-state index contributed by atoms with van der Waals surface area (Å²) < 4.78 is 1.60. The first-order valence-corrected chi connectivity index (χ1v) is 10.6. The lowest BCUT2D eigenvalue weighted by molar-refractivity contribution is -0.117. The highest BCUT2D eigenvalue weighted by molar-refractivity contribution is 7.99. The maximum absolute atomic E-state index is 12.9. The molecule has 7 nitrogen and oxygen atoms in total. The Morgan fingerprint density at radius 1 is 1.29 bits per heavy atom. The maximum Gasteiger partial charge on any atom is 0.321 e. The molecule has 0 saturated carbocycles. The van der Waals surface area contributed by atoms with Gasteiger partial charge < -0.3 is 5.32 Å².